The van der Waals surface area contributed by atoms with Gasteiger partial charge in [0.05, 0.1) is 6.07 Å². The van der Waals surface area contributed by atoms with Crippen LogP contribution in [0, 0.1) is 16.7 Å². The quantitative estimate of drug-likeness (QED) is 0.154. The van der Waals surface area contributed by atoms with Crippen LogP contribution in [0.25, 0.3) is 0 Å². The van der Waals surface area contributed by atoms with Crippen molar-refractivity contribution in [2.75, 3.05) is 0 Å². The van der Waals surface area contributed by atoms with Gasteiger partial charge in [0.1, 0.15) is 5.41 Å². The molecular weight excluding hydrogens is 197 g/mol. The second-order valence-corrected chi connectivity index (χ2v) is 3.18. The molecule has 1 rings (SSSR count). The van der Waals surface area contributed by atoms with Crippen molar-refractivity contribution >= 4 is 13.0 Å². The van der Waals surface area contributed by atoms with Gasteiger partial charge in [-0.3, -0.25) is 0 Å². The number of nitrogens with zero attached hydrogens (tertiary/aromatic N) is 2. The van der Waals surface area contributed by atoms with Crippen molar-refractivity contribution in [1.82, 2.24) is 0 Å². The molecule has 0 aromatic rings. The summed E-state index contributed by atoms with van der Waals surface area (Å²) in [6.07, 6.45) is 4.36. The molecule has 1 aliphatic carbocycles. The number of nitrogens with two attached hydrogens (primary N) is 1. The third-order valence-corrected chi connectivity index (χ3v) is 2.28. The molecular formula is C8H10BN3O3. The van der Waals surface area contributed by atoms with Gasteiger partial charge in [-0.05, 0) is 11.9 Å². The average Bonchev–Trinajstić information content (AvgIpc) is 2.27. The Hall–Kier alpha value is -1.78. The van der Waals surface area contributed by atoms with E-state index in [-0.39, 0.29) is 17.7 Å². The minimum absolute atomic E-state index is 0.142. The van der Waals surface area contributed by atoms with Gasteiger partial charge < -0.3 is 21.0 Å². The van der Waals surface area contributed by atoms with Crippen LogP contribution < -0.4 is 5.73 Å². The molecule has 5 N–H and O–H groups in total. The third kappa shape index (κ3) is 2.01. The number of allylic oxidation sites excluding steroid dienone is 3. The molecule has 0 saturated heterocycles. The number of rotatable bonds is 2. The van der Waals surface area contributed by atoms with Crippen LogP contribution in [0.15, 0.2) is 28.9 Å². The van der Waals surface area contributed by atoms with Crippen molar-refractivity contribution in [1.29, 1.82) is 5.26 Å². The Morgan fingerprint density at radius 2 is 2.33 bits per heavy atom. The fourth-order valence-corrected chi connectivity index (χ4v) is 1.26. The molecule has 1 unspecified atom stereocenters. The lowest BCUT2D eigenvalue weighted by Gasteiger charge is -2.23. The van der Waals surface area contributed by atoms with E-state index in [9.17, 15) is 0 Å². The highest BCUT2D eigenvalue weighted by atomic mass is 16.4. The molecule has 0 saturated carbocycles. The first kappa shape index (κ1) is 11.3. The van der Waals surface area contributed by atoms with Gasteiger partial charge in [-0.2, -0.15) is 5.26 Å². The topological polar surface area (TPSA) is 123 Å². The highest BCUT2D eigenvalue weighted by Crippen LogP contribution is 2.29. The Kier molecular flexibility index (Phi) is 3.14. The lowest BCUT2D eigenvalue weighted by atomic mass is 9.71. The molecule has 1 aliphatic rings. The summed E-state index contributed by atoms with van der Waals surface area (Å²) in [7, 11) is -1.58. The summed E-state index contributed by atoms with van der Waals surface area (Å²) in [6.45, 7) is 0. The van der Waals surface area contributed by atoms with E-state index in [1.807, 2.05) is 6.07 Å². The zero-order valence-corrected chi connectivity index (χ0v) is 7.83. The first-order valence-corrected chi connectivity index (χ1v) is 4.20. The minimum atomic E-state index is -1.58. The molecule has 0 fully saturated rings. The predicted octanol–water partition coefficient (Wildman–Crippen LogP) is -0.859. The molecule has 15 heavy (non-hydrogen) atoms. The van der Waals surface area contributed by atoms with Crippen LogP contribution in [0.1, 0.15) is 6.42 Å². The Morgan fingerprint density at radius 1 is 1.67 bits per heavy atom. The minimum Gasteiger partial charge on any atom is -0.423 e. The van der Waals surface area contributed by atoms with Crippen molar-refractivity contribution in [2.24, 2.45) is 16.3 Å². The molecule has 0 heterocycles. The van der Waals surface area contributed by atoms with Gasteiger partial charge in [0.2, 0.25) is 0 Å². The van der Waals surface area contributed by atoms with Crippen LogP contribution in [0.5, 0.6) is 0 Å². The van der Waals surface area contributed by atoms with E-state index in [0.717, 1.165) is 0 Å². The lowest BCUT2D eigenvalue weighted by Crippen LogP contribution is -2.35. The summed E-state index contributed by atoms with van der Waals surface area (Å²) < 4.78 is 0. The lowest BCUT2D eigenvalue weighted by molar-refractivity contribution is 0.313. The van der Waals surface area contributed by atoms with E-state index in [1.165, 1.54) is 18.2 Å². The van der Waals surface area contributed by atoms with Gasteiger partial charge in [-0.1, -0.05) is 23.4 Å². The van der Waals surface area contributed by atoms with Crippen molar-refractivity contribution in [3.05, 3.63) is 23.7 Å². The summed E-state index contributed by atoms with van der Waals surface area (Å²) in [5, 5.41) is 38.0. The summed E-state index contributed by atoms with van der Waals surface area (Å²) in [4.78, 5) is 0. The van der Waals surface area contributed by atoms with E-state index in [1.54, 1.807) is 0 Å². The van der Waals surface area contributed by atoms with E-state index in [0.29, 0.717) is 0 Å². The molecule has 0 radical (unpaired) electrons. The highest BCUT2D eigenvalue weighted by molar-refractivity contribution is 6.51. The van der Waals surface area contributed by atoms with Crippen molar-refractivity contribution in [2.45, 2.75) is 6.42 Å². The number of amidine groups is 1. The maximum atomic E-state index is 8.94. The van der Waals surface area contributed by atoms with Crippen LogP contribution in [-0.4, -0.2) is 28.2 Å². The largest absolute Gasteiger partial charge is 0.488 e. The van der Waals surface area contributed by atoms with Crippen LogP contribution in [0.4, 0.5) is 0 Å². The number of hydrogen-bond donors (Lipinski definition) is 4. The van der Waals surface area contributed by atoms with Gasteiger partial charge in [0.15, 0.2) is 5.84 Å². The van der Waals surface area contributed by atoms with Crippen LogP contribution in [-0.2, 0) is 0 Å². The second kappa shape index (κ2) is 4.17. The molecule has 0 spiro atoms. The van der Waals surface area contributed by atoms with Gasteiger partial charge >= 0.3 is 7.12 Å². The molecule has 0 bridgehead atoms. The maximum Gasteiger partial charge on any atom is 0.488 e. The second-order valence-electron chi connectivity index (χ2n) is 3.18. The molecule has 0 aliphatic heterocycles. The van der Waals surface area contributed by atoms with Gasteiger partial charge in [0.25, 0.3) is 0 Å². The maximum absolute atomic E-state index is 8.94. The van der Waals surface area contributed by atoms with Crippen LogP contribution in [0.3, 0.4) is 0 Å². The molecule has 0 amide bonds. The monoisotopic (exact) mass is 207 g/mol. The highest BCUT2D eigenvalue weighted by Gasteiger charge is 2.34. The van der Waals surface area contributed by atoms with E-state index in [4.69, 9.17) is 26.3 Å². The first-order valence-electron chi connectivity index (χ1n) is 4.20. The average molecular weight is 207 g/mol. The number of oxime groups is 1. The molecule has 78 valence electrons. The van der Waals surface area contributed by atoms with Crippen molar-refractivity contribution < 1.29 is 15.3 Å². The summed E-state index contributed by atoms with van der Waals surface area (Å²) in [5.74, 6) is -0.219. The summed E-state index contributed by atoms with van der Waals surface area (Å²) >= 11 is 0. The van der Waals surface area contributed by atoms with Crippen LogP contribution in [0.2, 0.25) is 0 Å². The fourth-order valence-electron chi connectivity index (χ4n) is 1.26. The molecule has 1 atom stereocenters. The normalized spacial score (nSPS) is 25.7. The number of hydrogen-bond acceptors (Lipinski definition) is 5. The number of nitriles is 1. The first-order chi connectivity index (χ1) is 7.05. The molecule has 0 aromatic heterocycles. The molecule has 6 nitrogen and oxygen atoms in total. The van der Waals surface area contributed by atoms with Gasteiger partial charge in [-0.15, -0.1) is 0 Å². The Morgan fingerprint density at radius 3 is 2.67 bits per heavy atom. The fraction of sp³-hybridized carbons (Fsp3) is 0.250. The predicted molar refractivity (Wildman–Crippen MR) is 53.5 cm³/mol. The van der Waals surface area contributed by atoms with Gasteiger partial charge in [-0.25, -0.2) is 0 Å². The van der Waals surface area contributed by atoms with E-state index >= 15 is 0 Å². The Balaban J connectivity index is 2.97. The van der Waals surface area contributed by atoms with Crippen LogP contribution >= 0.6 is 0 Å². The summed E-state index contributed by atoms with van der Waals surface area (Å²) in [5.41, 5.74) is 4.47. The van der Waals surface area contributed by atoms with E-state index in [2.05, 4.69) is 5.16 Å². The Bertz CT molecular complexity index is 383. The molecule has 0 aromatic carbocycles. The standard InChI is InChI=1S/C8H10BN3O3/c10-5-8(7(11)12-15)3-1-6(2-4-8)9(13)14/h1-3,13-15H,4H2,(H2,11,12). The van der Waals surface area contributed by atoms with Gasteiger partial charge in [0, 0.05) is 0 Å². The zero-order valence-electron chi connectivity index (χ0n) is 7.83. The van der Waals surface area contributed by atoms with Crippen molar-refractivity contribution in [3.63, 3.8) is 0 Å². The SMILES string of the molecule is N#CC1(C(N)=NO)C=CC(B(O)O)=CC1. The zero-order chi connectivity index (χ0) is 11.5. The smallest absolute Gasteiger partial charge is 0.423 e. The Labute approximate surface area is 86.8 Å². The third-order valence-electron chi connectivity index (χ3n) is 2.28. The molecule has 7 heteroatoms. The summed E-state index contributed by atoms with van der Waals surface area (Å²) in [6, 6.07) is 1.92. The van der Waals surface area contributed by atoms with E-state index < -0.39 is 12.5 Å². The van der Waals surface area contributed by atoms with Crippen molar-refractivity contribution in [3.8, 4) is 6.07 Å².